The van der Waals surface area contributed by atoms with Gasteiger partial charge in [0.1, 0.15) is 0 Å². The van der Waals surface area contributed by atoms with E-state index in [2.05, 4.69) is 40.0 Å². The molecule has 32 heavy (non-hydrogen) atoms. The molecule has 0 spiro atoms. The molecular formula is C23H27N5O2S2. The fraction of sp³-hybridized carbons (Fsp3) is 0.304. The topological polar surface area (TPSA) is 96.0 Å². The van der Waals surface area contributed by atoms with Gasteiger partial charge in [-0.1, -0.05) is 73.3 Å². The van der Waals surface area contributed by atoms with Gasteiger partial charge in [-0.3, -0.25) is 9.59 Å². The second-order valence-corrected chi connectivity index (χ2v) is 9.91. The monoisotopic (exact) mass is 469 g/mol. The van der Waals surface area contributed by atoms with E-state index in [4.69, 9.17) is 0 Å². The second kappa shape index (κ2) is 11.6. The third kappa shape index (κ3) is 7.65. The number of hydrogen-bond donors (Lipinski definition) is 3. The fourth-order valence-electron chi connectivity index (χ4n) is 3.12. The quantitative estimate of drug-likeness (QED) is 0.352. The van der Waals surface area contributed by atoms with E-state index in [1.54, 1.807) is 0 Å². The molecule has 0 bridgehead atoms. The molecular weight excluding hydrogens is 442 g/mol. The van der Waals surface area contributed by atoms with Crippen molar-refractivity contribution in [3.8, 4) is 0 Å². The number of carbonyl (C=O) groups excluding carboxylic acids is 2. The average molecular weight is 470 g/mol. The molecule has 168 valence electrons. The molecule has 1 unspecified atom stereocenters. The van der Waals surface area contributed by atoms with E-state index in [0.717, 1.165) is 17.7 Å². The number of nitrogens with one attached hydrogen (secondary N) is 3. The summed E-state index contributed by atoms with van der Waals surface area (Å²) in [6.07, 6.45) is 0.880. The lowest BCUT2D eigenvalue weighted by Crippen LogP contribution is -2.30. The predicted octanol–water partition coefficient (Wildman–Crippen LogP) is 5.24. The van der Waals surface area contributed by atoms with Crippen LogP contribution in [0.4, 0.5) is 16.5 Å². The number of anilines is 3. The molecule has 3 rings (SSSR count). The largest absolute Gasteiger partial charge is 0.349 e. The Kier molecular flexibility index (Phi) is 8.64. The number of rotatable bonds is 10. The molecule has 3 aromatic rings. The first-order chi connectivity index (χ1) is 15.4. The van der Waals surface area contributed by atoms with Crippen molar-refractivity contribution in [3.63, 3.8) is 0 Å². The molecule has 1 heterocycles. The Morgan fingerprint density at radius 1 is 1.03 bits per heavy atom. The summed E-state index contributed by atoms with van der Waals surface area (Å²) in [4.78, 5) is 23.8. The minimum Gasteiger partial charge on any atom is -0.349 e. The van der Waals surface area contributed by atoms with Crippen molar-refractivity contribution in [2.45, 2.75) is 37.6 Å². The maximum atomic E-state index is 12.6. The predicted molar refractivity (Wildman–Crippen MR) is 131 cm³/mol. The number of hydrogen-bond acceptors (Lipinski definition) is 7. The first-order valence-corrected chi connectivity index (χ1v) is 12.1. The highest BCUT2D eigenvalue weighted by Crippen LogP contribution is 2.29. The van der Waals surface area contributed by atoms with Crippen molar-refractivity contribution in [2.24, 2.45) is 5.92 Å². The van der Waals surface area contributed by atoms with E-state index in [0.29, 0.717) is 21.1 Å². The molecule has 2 aromatic carbocycles. The Morgan fingerprint density at radius 3 is 2.50 bits per heavy atom. The Balaban J connectivity index is 1.54. The van der Waals surface area contributed by atoms with Crippen molar-refractivity contribution in [1.29, 1.82) is 0 Å². The van der Waals surface area contributed by atoms with E-state index >= 15 is 0 Å². The summed E-state index contributed by atoms with van der Waals surface area (Å²) in [5.41, 5.74) is 2.61. The molecule has 0 aliphatic rings. The van der Waals surface area contributed by atoms with Crippen LogP contribution in [0, 0.1) is 5.92 Å². The Bertz CT molecular complexity index is 1040. The fourth-order valence-corrected chi connectivity index (χ4v) is 4.70. The highest BCUT2D eigenvalue weighted by molar-refractivity contribution is 8.01. The van der Waals surface area contributed by atoms with E-state index in [1.807, 2.05) is 54.6 Å². The third-order valence-corrected chi connectivity index (χ3v) is 6.38. The van der Waals surface area contributed by atoms with Crippen LogP contribution >= 0.6 is 23.1 Å². The lowest BCUT2D eigenvalue weighted by Gasteiger charge is -2.21. The van der Waals surface area contributed by atoms with Crippen molar-refractivity contribution >= 4 is 51.4 Å². The number of nitrogens with zero attached hydrogens (tertiary/aromatic N) is 2. The Labute approximate surface area is 196 Å². The summed E-state index contributed by atoms with van der Waals surface area (Å²) in [5.74, 6) is 0.581. The summed E-state index contributed by atoms with van der Waals surface area (Å²) < 4.78 is 0.709. The van der Waals surface area contributed by atoms with Gasteiger partial charge in [-0.2, -0.15) is 0 Å². The zero-order valence-electron chi connectivity index (χ0n) is 18.3. The number of aromatic nitrogens is 2. The molecule has 9 heteroatoms. The van der Waals surface area contributed by atoms with Crippen LogP contribution < -0.4 is 16.0 Å². The van der Waals surface area contributed by atoms with Crippen molar-refractivity contribution in [1.82, 2.24) is 15.5 Å². The maximum Gasteiger partial charge on any atom is 0.230 e. The van der Waals surface area contributed by atoms with Gasteiger partial charge in [0, 0.05) is 18.3 Å². The van der Waals surface area contributed by atoms with Gasteiger partial charge in [0.15, 0.2) is 4.34 Å². The summed E-state index contributed by atoms with van der Waals surface area (Å²) in [5, 5.41) is 18.0. The van der Waals surface area contributed by atoms with Gasteiger partial charge in [-0.25, -0.2) is 0 Å². The zero-order valence-corrected chi connectivity index (χ0v) is 19.9. The van der Waals surface area contributed by atoms with Gasteiger partial charge in [-0.05, 0) is 36.1 Å². The minimum atomic E-state index is -0.127. The standard InChI is InChI=1S/C23H27N5O2S2/c1-15(2)12-20(17-8-5-4-6-9-17)26-21(30)14-31-23-28-27-22(32-23)25-19-11-7-10-18(13-19)24-16(3)29/h4-11,13,15,20H,12,14H2,1-3H3,(H,24,29)(H,25,27)(H,26,30). The summed E-state index contributed by atoms with van der Waals surface area (Å²) in [7, 11) is 0. The molecule has 0 aliphatic carbocycles. The van der Waals surface area contributed by atoms with E-state index in [9.17, 15) is 9.59 Å². The molecule has 0 fully saturated rings. The van der Waals surface area contributed by atoms with Gasteiger partial charge >= 0.3 is 0 Å². The third-order valence-electron chi connectivity index (χ3n) is 4.41. The molecule has 2 amide bonds. The first-order valence-electron chi connectivity index (χ1n) is 10.3. The van der Waals surface area contributed by atoms with Gasteiger partial charge in [-0.15, -0.1) is 10.2 Å². The van der Waals surface area contributed by atoms with Crippen LogP contribution in [0.25, 0.3) is 0 Å². The molecule has 0 aliphatic heterocycles. The second-order valence-electron chi connectivity index (χ2n) is 7.71. The molecule has 7 nitrogen and oxygen atoms in total. The number of thioether (sulfide) groups is 1. The molecule has 0 saturated heterocycles. The number of amides is 2. The van der Waals surface area contributed by atoms with E-state index in [1.165, 1.54) is 30.0 Å². The average Bonchev–Trinajstić information content (AvgIpc) is 3.19. The highest BCUT2D eigenvalue weighted by Gasteiger charge is 2.17. The molecule has 1 aromatic heterocycles. The van der Waals surface area contributed by atoms with Crippen LogP contribution in [-0.2, 0) is 9.59 Å². The van der Waals surface area contributed by atoms with Crippen molar-refractivity contribution in [2.75, 3.05) is 16.4 Å². The van der Waals surface area contributed by atoms with Gasteiger partial charge in [0.25, 0.3) is 0 Å². The summed E-state index contributed by atoms with van der Waals surface area (Å²) >= 11 is 2.74. The normalized spacial score (nSPS) is 11.8. The smallest absolute Gasteiger partial charge is 0.230 e. The van der Waals surface area contributed by atoms with Gasteiger partial charge in [0.2, 0.25) is 16.9 Å². The van der Waals surface area contributed by atoms with Crippen molar-refractivity contribution in [3.05, 3.63) is 60.2 Å². The van der Waals surface area contributed by atoms with Crippen LogP contribution in [0.3, 0.4) is 0 Å². The van der Waals surface area contributed by atoms with Crippen LogP contribution in [0.5, 0.6) is 0 Å². The minimum absolute atomic E-state index is 0.00756. The Morgan fingerprint density at radius 2 is 1.78 bits per heavy atom. The number of carbonyl (C=O) groups is 2. The lowest BCUT2D eigenvalue weighted by molar-refractivity contribution is -0.119. The zero-order chi connectivity index (χ0) is 22.9. The van der Waals surface area contributed by atoms with Crippen LogP contribution in [0.2, 0.25) is 0 Å². The summed E-state index contributed by atoms with van der Waals surface area (Å²) in [6.45, 7) is 5.77. The Hall–Kier alpha value is -2.91. The molecule has 3 N–H and O–H groups in total. The lowest BCUT2D eigenvalue weighted by atomic mass is 9.97. The molecule has 0 saturated carbocycles. The van der Waals surface area contributed by atoms with Gasteiger partial charge < -0.3 is 16.0 Å². The van der Waals surface area contributed by atoms with E-state index in [-0.39, 0.29) is 23.6 Å². The maximum absolute atomic E-state index is 12.6. The molecule has 0 radical (unpaired) electrons. The van der Waals surface area contributed by atoms with Gasteiger partial charge in [0.05, 0.1) is 11.8 Å². The first kappa shape index (κ1) is 23.7. The molecule has 1 atom stereocenters. The number of benzene rings is 2. The van der Waals surface area contributed by atoms with E-state index < -0.39 is 0 Å². The summed E-state index contributed by atoms with van der Waals surface area (Å²) in [6, 6.07) is 17.4. The van der Waals surface area contributed by atoms with Crippen LogP contribution in [-0.4, -0.2) is 27.8 Å². The SMILES string of the molecule is CC(=O)Nc1cccc(Nc2nnc(SCC(=O)NC(CC(C)C)c3ccccc3)s2)c1. The van der Waals surface area contributed by atoms with Crippen LogP contribution in [0.15, 0.2) is 58.9 Å². The highest BCUT2D eigenvalue weighted by atomic mass is 32.2. The van der Waals surface area contributed by atoms with Crippen molar-refractivity contribution < 1.29 is 9.59 Å². The van der Waals surface area contributed by atoms with Crippen LogP contribution in [0.1, 0.15) is 38.8 Å².